The average Bonchev–Trinajstić information content (AvgIpc) is 2.65. The van der Waals surface area contributed by atoms with Crippen molar-refractivity contribution in [2.24, 2.45) is 11.5 Å². The summed E-state index contributed by atoms with van der Waals surface area (Å²) in [6.07, 6.45) is 1.20. The molecule has 1 fully saturated rings. The Balaban J connectivity index is 2.20. The lowest BCUT2D eigenvalue weighted by Crippen LogP contribution is -2.37. The second kappa shape index (κ2) is 5.67. The number of carbonyl (C=O) groups excluding carboxylic acids is 2. The lowest BCUT2D eigenvalue weighted by Gasteiger charge is -2.11. The predicted molar refractivity (Wildman–Crippen MR) is 53.8 cm³/mol. The van der Waals surface area contributed by atoms with Crippen molar-refractivity contribution in [2.45, 2.75) is 31.5 Å². The normalized spacial score (nSPS) is 25.1. The van der Waals surface area contributed by atoms with Gasteiger partial charge in [0.15, 0.2) is 0 Å². The molecule has 5 N–H and O–H groups in total. The minimum absolute atomic E-state index is 0.0168. The van der Waals surface area contributed by atoms with Crippen LogP contribution in [0.25, 0.3) is 0 Å². The van der Waals surface area contributed by atoms with E-state index in [1.807, 2.05) is 0 Å². The molecule has 1 aliphatic heterocycles. The molecule has 15 heavy (non-hydrogen) atoms. The lowest BCUT2D eigenvalue weighted by molar-refractivity contribution is -0.131. The van der Waals surface area contributed by atoms with Gasteiger partial charge in [-0.15, -0.1) is 0 Å². The van der Waals surface area contributed by atoms with E-state index in [1.54, 1.807) is 0 Å². The molecule has 1 heterocycles. The number of carbonyl (C=O) groups is 2. The summed E-state index contributed by atoms with van der Waals surface area (Å²) in [6, 6.07) is 0. The van der Waals surface area contributed by atoms with Gasteiger partial charge in [-0.1, -0.05) is 0 Å². The Hall–Kier alpha value is -1.14. The Morgan fingerprint density at radius 1 is 1.40 bits per heavy atom. The zero-order chi connectivity index (χ0) is 11.3. The molecule has 1 aliphatic rings. The SMILES string of the molecule is NCC1CCC(C(=O)NCCC(N)=O)O1. The van der Waals surface area contributed by atoms with Gasteiger partial charge in [-0.05, 0) is 12.8 Å². The number of nitrogens with one attached hydrogen (secondary N) is 1. The maximum absolute atomic E-state index is 11.5. The van der Waals surface area contributed by atoms with Crippen LogP contribution in [0.4, 0.5) is 0 Å². The van der Waals surface area contributed by atoms with Crippen molar-refractivity contribution in [3.8, 4) is 0 Å². The zero-order valence-corrected chi connectivity index (χ0v) is 8.57. The number of rotatable bonds is 5. The molecule has 0 spiro atoms. The Labute approximate surface area is 88.3 Å². The Morgan fingerprint density at radius 2 is 2.13 bits per heavy atom. The van der Waals surface area contributed by atoms with Gasteiger partial charge in [-0.2, -0.15) is 0 Å². The van der Waals surface area contributed by atoms with Gasteiger partial charge in [-0.3, -0.25) is 9.59 Å². The third-order valence-corrected chi connectivity index (χ3v) is 2.33. The molecular weight excluding hydrogens is 198 g/mol. The topological polar surface area (TPSA) is 107 Å². The lowest BCUT2D eigenvalue weighted by atomic mass is 10.2. The van der Waals surface area contributed by atoms with Crippen LogP contribution in [0, 0.1) is 0 Å². The third kappa shape index (κ3) is 3.85. The van der Waals surface area contributed by atoms with Crippen LogP contribution < -0.4 is 16.8 Å². The van der Waals surface area contributed by atoms with Crippen molar-refractivity contribution >= 4 is 11.8 Å². The minimum Gasteiger partial charge on any atom is -0.370 e. The van der Waals surface area contributed by atoms with E-state index in [2.05, 4.69) is 5.32 Å². The summed E-state index contributed by atoms with van der Waals surface area (Å²) >= 11 is 0. The molecule has 1 saturated heterocycles. The van der Waals surface area contributed by atoms with Crippen molar-refractivity contribution in [1.82, 2.24) is 5.32 Å². The molecule has 0 bridgehead atoms. The molecule has 6 nitrogen and oxygen atoms in total. The van der Waals surface area contributed by atoms with Gasteiger partial charge in [0.05, 0.1) is 6.10 Å². The van der Waals surface area contributed by atoms with Crippen molar-refractivity contribution in [2.75, 3.05) is 13.1 Å². The molecule has 2 unspecified atom stereocenters. The van der Waals surface area contributed by atoms with Crippen LogP contribution in [0.5, 0.6) is 0 Å². The van der Waals surface area contributed by atoms with Crippen LogP contribution >= 0.6 is 0 Å². The van der Waals surface area contributed by atoms with Gasteiger partial charge >= 0.3 is 0 Å². The monoisotopic (exact) mass is 215 g/mol. The largest absolute Gasteiger partial charge is 0.370 e. The summed E-state index contributed by atoms with van der Waals surface area (Å²) < 4.78 is 5.38. The van der Waals surface area contributed by atoms with Crippen molar-refractivity contribution in [1.29, 1.82) is 0 Å². The highest BCUT2D eigenvalue weighted by Gasteiger charge is 2.29. The number of ether oxygens (including phenoxy) is 1. The molecule has 0 aromatic heterocycles. The summed E-state index contributed by atoms with van der Waals surface area (Å²) in [7, 11) is 0. The molecule has 0 aromatic rings. The molecule has 1 rings (SSSR count). The fraction of sp³-hybridized carbons (Fsp3) is 0.778. The number of primary amides is 1. The van der Waals surface area contributed by atoms with Gasteiger partial charge in [0.1, 0.15) is 6.10 Å². The molecule has 0 saturated carbocycles. The van der Waals surface area contributed by atoms with Gasteiger partial charge in [0.2, 0.25) is 11.8 Å². The first-order valence-electron chi connectivity index (χ1n) is 5.05. The number of nitrogens with two attached hydrogens (primary N) is 2. The summed E-state index contributed by atoms with van der Waals surface area (Å²) in [5, 5.41) is 2.59. The first-order chi connectivity index (χ1) is 7.13. The second-order valence-corrected chi connectivity index (χ2v) is 3.57. The Bertz CT molecular complexity index is 245. The smallest absolute Gasteiger partial charge is 0.249 e. The molecule has 0 radical (unpaired) electrons. The van der Waals surface area contributed by atoms with Crippen LogP contribution in [-0.4, -0.2) is 37.1 Å². The fourth-order valence-corrected chi connectivity index (χ4v) is 1.49. The van der Waals surface area contributed by atoms with E-state index in [-0.39, 0.29) is 25.0 Å². The highest BCUT2D eigenvalue weighted by Crippen LogP contribution is 2.18. The van der Waals surface area contributed by atoms with Crippen LogP contribution in [0.15, 0.2) is 0 Å². The standard InChI is InChI=1S/C9H17N3O3/c10-5-6-1-2-7(15-6)9(14)12-4-3-8(11)13/h6-7H,1-5,10H2,(H2,11,13)(H,12,14). The molecule has 2 amide bonds. The first kappa shape index (κ1) is 11.9. The van der Waals surface area contributed by atoms with E-state index in [9.17, 15) is 9.59 Å². The molecule has 6 heteroatoms. The van der Waals surface area contributed by atoms with Crippen LogP contribution in [0.1, 0.15) is 19.3 Å². The van der Waals surface area contributed by atoms with E-state index in [4.69, 9.17) is 16.2 Å². The van der Waals surface area contributed by atoms with Gasteiger partial charge in [0, 0.05) is 19.5 Å². The quantitative estimate of drug-likeness (QED) is 0.518. The minimum atomic E-state index is -0.428. The van der Waals surface area contributed by atoms with Gasteiger partial charge in [0.25, 0.3) is 0 Å². The predicted octanol–water partition coefficient (Wildman–Crippen LogP) is -1.52. The van der Waals surface area contributed by atoms with Crippen molar-refractivity contribution < 1.29 is 14.3 Å². The van der Waals surface area contributed by atoms with Gasteiger partial charge < -0.3 is 21.5 Å². The highest BCUT2D eigenvalue weighted by molar-refractivity contribution is 5.81. The van der Waals surface area contributed by atoms with Crippen molar-refractivity contribution in [3.63, 3.8) is 0 Å². The maximum atomic E-state index is 11.5. The summed E-state index contributed by atoms with van der Waals surface area (Å²) in [5.74, 6) is -0.616. The second-order valence-electron chi connectivity index (χ2n) is 3.57. The summed E-state index contributed by atoms with van der Waals surface area (Å²) in [6.45, 7) is 0.701. The van der Waals surface area contributed by atoms with E-state index in [0.717, 1.165) is 6.42 Å². The fourth-order valence-electron chi connectivity index (χ4n) is 1.49. The van der Waals surface area contributed by atoms with Crippen LogP contribution in [-0.2, 0) is 14.3 Å². The molecule has 0 aromatic carbocycles. The van der Waals surface area contributed by atoms with Crippen LogP contribution in [0.2, 0.25) is 0 Å². The molecule has 2 atom stereocenters. The molecule has 86 valence electrons. The van der Waals surface area contributed by atoms with Crippen LogP contribution in [0.3, 0.4) is 0 Å². The van der Waals surface area contributed by atoms with E-state index in [1.165, 1.54) is 0 Å². The highest BCUT2D eigenvalue weighted by atomic mass is 16.5. The summed E-state index contributed by atoms with van der Waals surface area (Å²) in [5.41, 5.74) is 10.4. The Morgan fingerprint density at radius 3 is 2.67 bits per heavy atom. The van der Waals surface area contributed by atoms with Crippen molar-refractivity contribution in [3.05, 3.63) is 0 Å². The van der Waals surface area contributed by atoms with E-state index in [0.29, 0.717) is 13.0 Å². The van der Waals surface area contributed by atoms with E-state index < -0.39 is 12.0 Å². The van der Waals surface area contributed by atoms with Gasteiger partial charge in [-0.25, -0.2) is 0 Å². The maximum Gasteiger partial charge on any atom is 0.249 e. The average molecular weight is 215 g/mol. The Kier molecular flexibility index (Phi) is 4.51. The first-order valence-corrected chi connectivity index (χ1v) is 5.05. The zero-order valence-electron chi connectivity index (χ0n) is 8.57. The summed E-state index contributed by atoms with van der Waals surface area (Å²) in [4.78, 5) is 21.9. The van der Waals surface area contributed by atoms with E-state index >= 15 is 0 Å². The number of amides is 2. The molecule has 0 aliphatic carbocycles. The number of hydrogen-bond acceptors (Lipinski definition) is 4. The molecular formula is C9H17N3O3. The third-order valence-electron chi connectivity index (χ3n) is 2.33. The number of hydrogen-bond donors (Lipinski definition) is 3.